The molecule has 0 aliphatic heterocycles. The van der Waals surface area contributed by atoms with E-state index in [0.717, 1.165) is 5.56 Å². The van der Waals surface area contributed by atoms with Crippen molar-refractivity contribution in [2.45, 2.75) is 13.0 Å². The summed E-state index contributed by atoms with van der Waals surface area (Å²) in [5, 5.41) is 11.8. The molecule has 1 aromatic carbocycles. The Bertz CT molecular complexity index is 482. The number of hydrogen-bond donors (Lipinski definition) is 3. The van der Waals surface area contributed by atoms with E-state index in [1.165, 1.54) is 11.8 Å². The maximum atomic E-state index is 11.6. The third-order valence-corrected chi connectivity index (χ3v) is 3.77. The quantitative estimate of drug-likeness (QED) is 0.744. The maximum absolute atomic E-state index is 11.6. The fourth-order valence-corrected chi connectivity index (χ4v) is 2.17. The van der Waals surface area contributed by atoms with Crippen LogP contribution in [0.3, 0.4) is 0 Å². The Morgan fingerprint density at radius 1 is 1.53 bits per heavy atom. The molecule has 19 heavy (non-hydrogen) atoms. The lowest BCUT2D eigenvalue weighted by Crippen LogP contribution is -2.33. The number of aryl methyl sites for hydroxylation is 1. The molecule has 0 radical (unpaired) electrons. The number of carbonyl (C=O) groups excluding carboxylic acids is 1. The van der Waals surface area contributed by atoms with Crippen molar-refractivity contribution in [3.63, 3.8) is 0 Å². The molecule has 1 rings (SSSR count). The van der Waals surface area contributed by atoms with Gasteiger partial charge in [-0.3, -0.25) is 9.59 Å². The molecule has 0 heterocycles. The van der Waals surface area contributed by atoms with Crippen LogP contribution in [-0.4, -0.2) is 34.5 Å². The maximum Gasteiger partial charge on any atom is 0.321 e. The van der Waals surface area contributed by atoms with Crippen LogP contribution in [0.15, 0.2) is 18.2 Å². The van der Waals surface area contributed by atoms with Gasteiger partial charge in [0.05, 0.1) is 5.75 Å². The van der Waals surface area contributed by atoms with E-state index in [4.69, 9.17) is 22.4 Å². The Hall–Kier alpha value is -1.24. The number of halogens is 1. The van der Waals surface area contributed by atoms with Crippen LogP contribution in [0, 0.1) is 6.92 Å². The highest BCUT2D eigenvalue weighted by atomic mass is 35.5. The number of nitrogens with one attached hydrogen (secondary N) is 1. The second-order valence-corrected chi connectivity index (χ2v) is 5.41. The van der Waals surface area contributed by atoms with Gasteiger partial charge < -0.3 is 16.2 Å². The zero-order valence-electron chi connectivity index (χ0n) is 10.4. The average Bonchev–Trinajstić information content (AvgIpc) is 2.33. The molecule has 0 spiro atoms. The normalized spacial score (nSPS) is 11.9. The van der Waals surface area contributed by atoms with Crippen LogP contribution >= 0.6 is 23.4 Å². The number of carbonyl (C=O) groups is 2. The highest BCUT2D eigenvalue weighted by Gasteiger charge is 2.12. The van der Waals surface area contributed by atoms with Gasteiger partial charge >= 0.3 is 5.97 Å². The highest BCUT2D eigenvalue weighted by molar-refractivity contribution is 8.00. The minimum absolute atomic E-state index is 0.145. The number of thioether (sulfide) groups is 1. The molecule has 1 atom stereocenters. The van der Waals surface area contributed by atoms with Crippen LogP contribution in [0.5, 0.6) is 0 Å². The fourth-order valence-electron chi connectivity index (χ4n) is 1.22. The molecule has 5 nitrogen and oxygen atoms in total. The van der Waals surface area contributed by atoms with Gasteiger partial charge in [0.1, 0.15) is 6.04 Å². The molecule has 1 aromatic rings. The fraction of sp³-hybridized carbons (Fsp3) is 0.333. The molecule has 0 saturated heterocycles. The smallest absolute Gasteiger partial charge is 0.321 e. The number of nitrogens with two attached hydrogens (primary N) is 1. The summed E-state index contributed by atoms with van der Waals surface area (Å²) in [6, 6.07) is 4.28. The first-order valence-corrected chi connectivity index (χ1v) is 7.05. The lowest BCUT2D eigenvalue weighted by Gasteiger charge is -2.08. The number of rotatable bonds is 6. The van der Waals surface area contributed by atoms with E-state index in [2.05, 4.69) is 5.32 Å². The minimum atomic E-state index is -1.07. The van der Waals surface area contributed by atoms with E-state index in [1.807, 2.05) is 13.0 Å². The predicted octanol–water partition coefficient (Wildman–Crippen LogP) is 1.73. The molecular formula is C12H15ClN2O3S. The van der Waals surface area contributed by atoms with Crippen LogP contribution in [0.1, 0.15) is 5.56 Å². The molecule has 1 amide bonds. The van der Waals surface area contributed by atoms with Crippen LogP contribution < -0.4 is 11.1 Å². The highest BCUT2D eigenvalue weighted by Crippen LogP contribution is 2.20. The number of aliphatic carboxylic acids is 1. The monoisotopic (exact) mass is 302 g/mol. The van der Waals surface area contributed by atoms with E-state index in [9.17, 15) is 9.59 Å². The van der Waals surface area contributed by atoms with Crippen LogP contribution in [0.4, 0.5) is 5.69 Å². The molecule has 4 N–H and O–H groups in total. The molecule has 1 unspecified atom stereocenters. The van der Waals surface area contributed by atoms with Crippen LogP contribution in [0.25, 0.3) is 0 Å². The lowest BCUT2D eigenvalue weighted by molar-refractivity contribution is -0.137. The van der Waals surface area contributed by atoms with Gasteiger partial charge in [0, 0.05) is 16.5 Å². The first-order valence-electron chi connectivity index (χ1n) is 5.52. The number of benzene rings is 1. The van der Waals surface area contributed by atoms with Crippen molar-refractivity contribution < 1.29 is 14.7 Å². The van der Waals surface area contributed by atoms with Crippen LogP contribution in [0.2, 0.25) is 5.02 Å². The average molecular weight is 303 g/mol. The lowest BCUT2D eigenvalue weighted by atomic mass is 10.2. The summed E-state index contributed by atoms with van der Waals surface area (Å²) in [7, 11) is 0. The number of anilines is 1. The Morgan fingerprint density at radius 2 is 2.21 bits per heavy atom. The summed E-state index contributed by atoms with van der Waals surface area (Å²) >= 11 is 7.11. The van der Waals surface area contributed by atoms with Gasteiger partial charge in [-0.1, -0.05) is 17.7 Å². The van der Waals surface area contributed by atoms with E-state index < -0.39 is 12.0 Å². The van der Waals surface area contributed by atoms with Crippen molar-refractivity contribution in [2.75, 3.05) is 16.8 Å². The molecule has 0 fully saturated rings. The van der Waals surface area contributed by atoms with Gasteiger partial charge in [0.25, 0.3) is 0 Å². The van der Waals surface area contributed by atoms with Crippen molar-refractivity contribution in [1.29, 1.82) is 0 Å². The summed E-state index contributed by atoms with van der Waals surface area (Å²) in [6.45, 7) is 1.87. The number of carboxylic acid groups (broad SMARTS) is 1. The van der Waals surface area contributed by atoms with Crippen molar-refractivity contribution in [3.8, 4) is 0 Å². The summed E-state index contributed by atoms with van der Waals surface area (Å²) in [5.74, 6) is -0.954. The first-order chi connectivity index (χ1) is 8.90. The molecule has 0 aliphatic rings. The van der Waals surface area contributed by atoms with Gasteiger partial charge in [-0.2, -0.15) is 0 Å². The van der Waals surface area contributed by atoms with Crippen molar-refractivity contribution >= 4 is 40.9 Å². The first kappa shape index (κ1) is 15.8. The number of hydrogen-bond acceptors (Lipinski definition) is 4. The third kappa shape index (κ3) is 5.50. The van der Waals surface area contributed by atoms with Crippen molar-refractivity contribution in [3.05, 3.63) is 28.8 Å². The second kappa shape index (κ2) is 7.37. The number of carboxylic acids is 1. The Morgan fingerprint density at radius 3 is 2.79 bits per heavy atom. The van der Waals surface area contributed by atoms with E-state index >= 15 is 0 Å². The Balaban J connectivity index is 2.39. The summed E-state index contributed by atoms with van der Waals surface area (Å²) < 4.78 is 0. The second-order valence-electron chi connectivity index (χ2n) is 3.97. The summed E-state index contributed by atoms with van der Waals surface area (Å²) in [5.41, 5.74) is 6.87. The summed E-state index contributed by atoms with van der Waals surface area (Å²) in [4.78, 5) is 22.1. The van der Waals surface area contributed by atoms with Crippen LogP contribution in [-0.2, 0) is 9.59 Å². The Labute approximate surface area is 120 Å². The van der Waals surface area contributed by atoms with Crippen molar-refractivity contribution in [1.82, 2.24) is 0 Å². The van der Waals surface area contributed by atoms with E-state index in [0.29, 0.717) is 10.7 Å². The molecule has 0 bridgehead atoms. The van der Waals surface area contributed by atoms with Gasteiger partial charge in [-0.05, 0) is 24.6 Å². The molecular weight excluding hydrogens is 288 g/mol. The van der Waals surface area contributed by atoms with E-state index in [1.54, 1.807) is 12.1 Å². The minimum Gasteiger partial charge on any atom is -0.480 e. The van der Waals surface area contributed by atoms with Gasteiger partial charge in [-0.15, -0.1) is 11.8 Å². The molecule has 0 aromatic heterocycles. The standard InChI is InChI=1S/C12H15ClN2O3S/c1-7-2-3-8(4-9(7)13)15-11(16)6-19-5-10(14)12(17)18/h2-4,10H,5-6,14H2,1H3,(H,15,16)(H,17,18). The molecule has 0 saturated carbocycles. The largest absolute Gasteiger partial charge is 0.480 e. The molecule has 0 aliphatic carbocycles. The van der Waals surface area contributed by atoms with Gasteiger partial charge in [0.15, 0.2) is 0 Å². The van der Waals surface area contributed by atoms with Gasteiger partial charge in [-0.25, -0.2) is 0 Å². The zero-order valence-corrected chi connectivity index (χ0v) is 11.9. The molecule has 7 heteroatoms. The molecule has 104 valence electrons. The third-order valence-electron chi connectivity index (χ3n) is 2.30. The van der Waals surface area contributed by atoms with Crippen molar-refractivity contribution in [2.24, 2.45) is 5.73 Å². The Kier molecular flexibility index (Phi) is 6.14. The zero-order chi connectivity index (χ0) is 14.4. The summed E-state index contributed by atoms with van der Waals surface area (Å²) in [6.07, 6.45) is 0. The SMILES string of the molecule is Cc1ccc(NC(=O)CSCC(N)C(=O)O)cc1Cl. The van der Waals surface area contributed by atoms with E-state index in [-0.39, 0.29) is 17.4 Å². The number of amides is 1. The van der Waals surface area contributed by atoms with Gasteiger partial charge in [0.2, 0.25) is 5.91 Å². The predicted molar refractivity (Wildman–Crippen MR) is 77.8 cm³/mol. The topological polar surface area (TPSA) is 92.4 Å².